The Bertz CT molecular complexity index is 1360. The molecule has 1 aliphatic heterocycles. The summed E-state index contributed by atoms with van der Waals surface area (Å²) in [6, 6.07) is 5.12. The number of carbonyl (C=O) groups excluding carboxylic acids is 1. The first kappa shape index (κ1) is 23.7. The van der Waals surface area contributed by atoms with E-state index in [2.05, 4.69) is 15.4 Å². The van der Waals surface area contributed by atoms with E-state index in [9.17, 15) is 30.8 Å². The Morgan fingerprint density at radius 1 is 1.32 bits per heavy atom. The highest BCUT2D eigenvalue weighted by Gasteiger charge is 2.40. The lowest BCUT2D eigenvalue weighted by molar-refractivity contribution is -0.153. The second kappa shape index (κ2) is 8.42. The van der Waals surface area contributed by atoms with Crippen LogP contribution < -0.4 is 14.8 Å². The summed E-state index contributed by atoms with van der Waals surface area (Å²) in [6.45, 7) is 0.00440. The Morgan fingerprint density at radius 2 is 2.09 bits per heavy atom. The second-order valence-electron chi connectivity index (χ2n) is 8.02. The van der Waals surface area contributed by atoms with Gasteiger partial charge in [-0.2, -0.15) is 18.3 Å². The molecule has 182 valence electrons. The molecule has 14 heteroatoms. The van der Waals surface area contributed by atoms with Crippen molar-refractivity contribution in [3.63, 3.8) is 0 Å². The molecule has 1 atom stereocenters. The van der Waals surface area contributed by atoms with Gasteiger partial charge in [-0.3, -0.25) is 4.79 Å². The number of pyridine rings is 2. The molecule has 34 heavy (non-hydrogen) atoms. The van der Waals surface area contributed by atoms with E-state index < -0.39 is 45.6 Å². The number of sulfone groups is 1. The SMILES string of the molecule is C[C@@]1(NC(=O)c2nn3ccc(Oc4ncccc4OCC(F)(F)F)cc3c2F)CCS(=O)(=O)C1. The minimum Gasteiger partial charge on any atom is -0.478 e. The molecule has 0 saturated carbocycles. The molecule has 0 aliphatic carbocycles. The molecule has 1 fully saturated rings. The number of hydrogen-bond acceptors (Lipinski definition) is 7. The molecule has 0 bridgehead atoms. The van der Waals surface area contributed by atoms with Crippen molar-refractivity contribution in [2.24, 2.45) is 0 Å². The predicted octanol–water partition coefficient (Wildman–Crippen LogP) is 2.91. The summed E-state index contributed by atoms with van der Waals surface area (Å²) in [5.41, 5.74) is -1.74. The van der Waals surface area contributed by atoms with Crippen molar-refractivity contribution >= 4 is 21.3 Å². The van der Waals surface area contributed by atoms with Crippen LogP contribution in [0.4, 0.5) is 17.6 Å². The van der Waals surface area contributed by atoms with E-state index in [1.807, 2.05) is 0 Å². The Hall–Kier alpha value is -3.42. The van der Waals surface area contributed by atoms with Crippen LogP contribution in [0.25, 0.3) is 5.52 Å². The first-order valence-corrected chi connectivity index (χ1v) is 11.7. The zero-order chi connectivity index (χ0) is 24.7. The van der Waals surface area contributed by atoms with Crippen LogP contribution in [0.5, 0.6) is 17.4 Å². The number of halogens is 4. The maximum Gasteiger partial charge on any atom is 0.422 e. The summed E-state index contributed by atoms with van der Waals surface area (Å²) >= 11 is 0. The van der Waals surface area contributed by atoms with Gasteiger partial charge in [0, 0.05) is 18.5 Å². The summed E-state index contributed by atoms with van der Waals surface area (Å²) in [4.78, 5) is 16.5. The smallest absolute Gasteiger partial charge is 0.422 e. The minimum absolute atomic E-state index is 0.00247. The van der Waals surface area contributed by atoms with Gasteiger partial charge in [-0.1, -0.05) is 0 Å². The molecule has 3 aromatic heterocycles. The van der Waals surface area contributed by atoms with Crippen LogP contribution in [0.15, 0.2) is 36.7 Å². The highest BCUT2D eigenvalue weighted by molar-refractivity contribution is 7.91. The van der Waals surface area contributed by atoms with Crippen LogP contribution in [0, 0.1) is 5.82 Å². The fraction of sp³-hybridized carbons (Fsp3) is 0.350. The van der Waals surface area contributed by atoms with Crippen LogP contribution in [0.1, 0.15) is 23.8 Å². The van der Waals surface area contributed by atoms with Gasteiger partial charge in [0.25, 0.3) is 11.8 Å². The van der Waals surface area contributed by atoms with Gasteiger partial charge in [0.15, 0.2) is 33.7 Å². The average Bonchev–Trinajstić information content (AvgIpc) is 3.22. The molecular weight excluding hydrogens is 484 g/mol. The van der Waals surface area contributed by atoms with Gasteiger partial charge in [-0.25, -0.2) is 22.3 Å². The van der Waals surface area contributed by atoms with Crippen molar-refractivity contribution in [2.45, 2.75) is 25.1 Å². The average molecular weight is 502 g/mol. The van der Waals surface area contributed by atoms with E-state index >= 15 is 0 Å². The summed E-state index contributed by atoms with van der Waals surface area (Å²) in [5, 5.41) is 6.44. The van der Waals surface area contributed by atoms with E-state index in [1.54, 1.807) is 6.92 Å². The van der Waals surface area contributed by atoms with Gasteiger partial charge in [-0.05, 0) is 31.5 Å². The summed E-state index contributed by atoms with van der Waals surface area (Å²) in [7, 11) is -3.30. The van der Waals surface area contributed by atoms with Gasteiger partial charge in [0.1, 0.15) is 11.3 Å². The van der Waals surface area contributed by atoms with Crippen LogP contribution in [-0.4, -0.2) is 58.8 Å². The highest BCUT2D eigenvalue weighted by Crippen LogP contribution is 2.31. The molecule has 9 nitrogen and oxygen atoms in total. The van der Waals surface area contributed by atoms with E-state index in [0.29, 0.717) is 0 Å². The third kappa shape index (κ3) is 5.21. The van der Waals surface area contributed by atoms with Gasteiger partial charge >= 0.3 is 6.18 Å². The molecule has 1 saturated heterocycles. The molecule has 4 heterocycles. The van der Waals surface area contributed by atoms with Crippen LogP contribution >= 0.6 is 0 Å². The number of carbonyl (C=O) groups is 1. The number of rotatable bonds is 6. The van der Waals surface area contributed by atoms with E-state index in [1.165, 1.54) is 36.7 Å². The molecule has 3 aromatic rings. The summed E-state index contributed by atoms with van der Waals surface area (Å²) < 4.78 is 87.2. The zero-order valence-corrected chi connectivity index (χ0v) is 18.4. The maximum absolute atomic E-state index is 15.0. The van der Waals surface area contributed by atoms with Crippen LogP contribution in [0.3, 0.4) is 0 Å². The predicted molar refractivity (Wildman–Crippen MR) is 110 cm³/mol. The molecular formula is C20H18F4N4O5S. The normalized spacial score (nSPS) is 19.8. The van der Waals surface area contributed by atoms with Crippen LogP contribution in [-0.2, 0) is 9.84 Å². The first-order valence-electron chi connectivity index (χ1n) is 9.87. The first-order chi connectivity index (χ1) is 15.8. The van der Waals surface area contributed by atoms with Crippen molar-refractivity contribution < 1.29 is 40.2 Å². The van der Waals surface area contributed by atoms with E-state index in [-0.39, 0.29) is 40.8 Å². The van der Waals surface area contributed by atoms with Crippen molar-refractivity contribution in [3.05, 3.63) is 48.2 Å². The van der Waals surface area contributed by atoms with Crippen molar-refractivity contribution in [1.29, 1.82) is 0 Å². The lowest BCUT2D eigenvalue weighted by atomic mass is 10.0. The van der Waals surface area contributed by atoms with E-state index in [0.717, 1.165) is 4.52 Å². The molecule has 0 unspecified atom stereocenters. The van der Waals surface area contributed by atoms with Crippen molar-refractivity contribution in [3.8, 4) is 17.4 Å². The monoisotopic (exact) mass is 502 g/mol. The summed E-state index contributed by atoms with van der Waals surface area (Å²) in [6.07, 6.45) is -1.81. The molecule has 0 spiro atoms. The van der Waals surface area contributed by atoms with Crippen molar-refractivity contribution in [1.82, 2.24) is 19.9 Å². The third-order valence-electron chi connectivity index (χ3n) is 5.02. The molecule has 1 amide bonds. The quantitative estimate of drug-likeness (QED) is 0.516. The fourth-order valence-corrected chi connectivity index (χ4v) is 5.58. The molecule has 1 aliphatic rings. The Morgan fingerprint density at radius 3 is 2.76 bits per heavy atom. The number of alkyl halides is 3. The summed E-state index contributed by atoms with van der Waals surface area (Å²) in [5.74, 6) is -2.75. The lowest BCUT2D eigenvalue weighted by Gasteiger charge is -2.23. The lowest BCUT2D eigenvalue weighted by Crippen LogP contribution is -2.47. The largest absolute Gasteiger partial charge is 0.478 e. The second-order valence-corrected chi connectivity index (χ2v) is 10.2. The third-order valence-corrected chi connectivity index (χ3v) is 6.93. The Kier molecular flexibility index (Phi) is 5.87. The molecule has 4 rings (SSSR count). The number of ether oxygens (including phenoxy) is 2. The number of hydrogen-bond donors (Lipinski definition) is 1. The van der Waals surface area contributed by atoms with Gasteiger partial charge < -0.3 is 14.8 Å². The van der Waals surface area contributed by atoms with E-state index in [4.69, 9.17) is 9.47 Å². The Balaban J connectivity index is 1.56. The minimum atomic E-state index is -4.57. The number of nitrogens with zero attached hydrogens (tertiary/aromatic N) is 3. The maximum atomic E-state index is 15.0. The number of nitrogens with one attached hydrogen (secondary N) is 1. The van der Waals surface area contributed by atoms with Gasteiger partial charge in [-0.15, -0.1) is 0 Å². The van der Waals surface area contributed by atoms with Crippen molar-refractivity contribution in [2.75, 3.05) is 18.1 Å². The zero-order valence-electron chi connectivity index (χ0n) is 17.6. The fourth-order valence-electron chi connectivity index (χ4n) is 3.48. The molecule has 1 N–H and O–H groups in total. The molecule has 0 radical (unpaired) electrons. The van der Waals surface area contributed by atoms with Gasteiger partial charge in [0.05, 0.1) is 17.0 Å². The standard InChI is InChI=1S/C20H18F4N4O5S/c1-19(5-8-34(30,31)11-19)26-17(29)16-15(21)13-9-12(4-7-28(13)27-16)33-18-14(3-2-6-25-18)32-10-20(22,23)24/h2-4,6-7,9H,5,8,10-11H2,1H3,(H,26,29)/t19-/m1/s1. The topological polar surface area (TPSA) is 112 Å². The van der Waals surface area contributed by atoms with Crippen LogP contribution in [0.2, 0.25) is 0 Å². The number of fused-ring (bicyclic) bond motifs is 1. The number of amides is 1. The van der Waals surface area contributed by atoms with Gasteiger partial charge in [0.2, 0.25) is 0 Å². The Labute approximate surface area is 190 Å². The molecule has 0 aromatic carbocycles. The number of aromatic nitrogens is 3. The highest BCUT2D eigenvalue weighted by atomic mass is 32.2.